The molecule has 3 amide bonds. The van der Waals surface area contributed by atoms with Crippen molar-refractivity contribution in [3.05, 3.63) is 101 Å². The maximum absolute atomic E-state index is 14.4. The van der Waals surface area contributed by atoms with Gasteiger partial charge < -0.3 is 21.6 Å². The summed E-state index contributed by atoms with van der Waals surface area (Å²) < 4.78 is 0. The van der Waals surface area contributed by atoms with Gasteiger partial charge in [-0.05, 0) is 34.7 Å². The number of hydrogen-bond acceptors (Lipinski definition) is 5. The number of fused-ring (bicyclic) bond motifs is 1. The van der Waals surface area contributed by atoms with Crippen LogP contribution in [0.3, 0.4) is 0 Å². The van der Waals surface area contributed by atoms with Gasteiger partial charge in [0.2, 0.25) is 0 Å². The van der Waals surface area contributed by atoms with Gasteiger partial charge in [0.15, 0.2) is 5.54 Å². The molecule has 0 aromatic heterocycles. The molecule has 1 aliphatic heterocycles. The molecule has 3 aromatic carbocycles. The second-order valence-corrected chi connectivity index (χ2v) is 8.93. The third-order valence-electron chi connectivity index (χ3n) is 6.62. The van der Waals surface area contributed by atoms with Crippen LogP contribution in [0.25, 0.3) is 0 Å². The first-order valence-corrected chi connectivity index (χ1v) is 11.9. The van der Waals surface area contributed by atoms with Crippen LogP contribution >= 0.6 is 0 Å². The first-order valence-electron chi connectivity index (χ1n) is 11.9. The Balaban J connectivity index is 1.89. The standard InChI is InChI=1S/C28H29N5O4/c29-27(37)33-24-9-5-4-8-22(24)19-32(17-15-20-6-2-1-3-7-20)26(36)28(33,18-25(34)35)23-12-10-21(11-13-23)14-16-31-30/h1-13,16H,14-15,17-19,30H2,(H2,29,37)(H,34,35). The number of carbonyl (C=O) groups excluding carboxylic acids is 2. The van der Waals surface area contributed by atoms with Crippen molar-refractivity contribution in [3.63, 3.8) is 0 Å². The monoisotopic (exact) mass is 499 g/mol. The van der Waals surface area contributed by atoms with E-state index in [0.717, 1.165) is 16.0 Å². The highest BCUT2D eigenvalue weighted by Crippen LogP contribution is 2.42. The van der Waals surface area contributed by atoms with Gasteiger partial charge in [0.05, 0.1) is 12.1 Å². The molecule has 0 saturated carbocycles. The van der Waals surface area contributed by atoms with Crippen molar-refractivity contribution in [2.75, 3.05) is 11.4 Å². The molecule has 4 rings (SSSR count). The summed E-state index contributed by atoms with van der Waals surface area (Å²) in [6, 6.07) is 22.7. The number of carboxylic acid groups (broad SMARTS) is 1. The van der Waals surface area contributed by atoms with E-state index in [9.17, 15) is 19.5 Å². The zero-order valence-corrected chi connectivity index (χ0v) is 20.3. The van der Waals surface area contributed by atoms with Gasteiger partial charge in [-0.1, -0.05) is 72.8 Å². The second kappa shape index (κ2) is 10.9. The van der Waals surface area contributed by atoms with Crippen LogP contribution in [0.5, 0.6) is 0 Å². The molecule has 9 nitrogen and oxygen atoms in total. The third-order valence-corrected chi connectivity index (χ3v) is 6.62. The van der Waals surface area contributed by atoms with Crippen LogP contribution in [0.2, 0.25) is 0 Å². The summed E-state index contributed by atoms with van der Waals surface area (Å²) in [5, 5.41) is 13.5. The molecule has 5 N–H and O–H groups in total. The molecule has 190 valence electrons. The zero-order valence-electron chi connectivity index (χ0n) is 20.3. The smallest absolute Gasteiger partial charge is 0.320 e. The van der Waals surface area contributed by atoms with E-state index in [1.165, 1.54) is 6.21 Å². The average Bonchev–Trinajstić information content (AvgIpc) is 3.00. The molecule has 0 radical (unpaired) electrons. The number of anilines is 1. The minimum Gasteiger partial charge on any atom is -0.481 e. The molecule has 1 heterocycles. The number of urea groups is 1. The molecule has 37 heavy (non-hydrogen) atoms. The summed E-state index contributed by atoms with van der Waals surface area (Å²) in [6.45, 7) is 0.536. The Labute approximate surface area is 215 Å². The summed E-state index contributed by atoms with van der Waals surface area (Å²) in [4.78, 5) is 42.5. The number of nitrogens with two attached hydrogens (primary N) is 2. The van der Waals surface area contributed by atoms with Crippen molar-refractivity contribution >= 4 is 29.8 Å². The highest BCUT2D eigenvalue weighted by atomic mass is 16.4. The third kappa shape index (κ3) is 5.16. The van der Waals surface area contributed by atoms with E-state index in [2.05, 4.69) is 5.10 Å². The van der Waals surface area contributed by atoms with Gasteiger partial charge in [-0.25, -0.2) is 4.79 Å². The van der Waals surface area contributed by atoms with Gasteiger partial charge >= 0.3 is 12.0 Å². The number of aliphatic carboxylic acids is 1. The maximum Gasteiger partial charge on any atom is 0.320 e. The largest absolute Gasteiger partial charge is 0.481 e. The number of hydrogen-bond donors (Lipinski definition) is 3. The van der Waals surface area contributed by atoms with Crippen molar-refractivity contribution in [1.82, 2.24) is 4.90 Å². The lowest BCUT2D eigenvalue weighted by Gasteiger charge is -2.41. The summed E-state index contributed by atoms with van der Waals surface area (Å²) in [7, 11) is 0. The number of hydrazone groups is 1. The number of carbonyl (C=O) groups is 3. The Morgan fingerprint density at radius 2 is 1.65 bits per heavy atom. The molecule has 9 heteroatoms. The number of rotatable bonds is 8. The minimum atomic E-state index is -1.89. The minimum absolute atomic E-state index is 0.206. The van der Waals surface area contributed by atoms with Crippen molar-refractivity contribution in [3.8, 4) is 0 Å². The maximum atomic E-state index is 14.4. The van der Waals surface area contributed by atoms with E-state index in [4.69, 9.17) is 11.6 Å². The number of primary amides is 1. The SMILES string of the molecule is NN=CCc1ccc(C2(CC(=O)O)C(=O)N(CCc3ccccc3)Cc3ccccc3N2C(N)=O)cc1. The van der Waals surface area contributed by atoms with Gasteiger partial charge in [-0.3, -0.25) is 14.5 Å². The van der Waals surface area contributed by atoms with Crippen LogP contribution in [-0.4, -0.2) is 40.7 Å². The van der Waals surface area contributed by atoms with Gasteiger partial charge in [0.25, 0.3) is 5.91 Å². The van der Waals surface area contributed by atoms with Gasteiger partial charge in [-0.15, -0.1) is 0 Å². The molecule has 1 atom stereocenters. The summed E-state index contributed by atoms with van der Waals surface area (Å²) >= 11 is 0. The Kier molecular flexibility index (Phi) is 7.52. The van der Waals surface area contributed by atoms with Crippen LogP contribution in [-0.2, 0) is 34.5 Å². The number of nitrogens with zero attached hydrogens (tertiary/aromatic N) is 3. The summed E-state index contributed by atoms with van der Waals surface area (Å²) in [5.74, 6) is 3.48. The number of amides is 3. The highest BCUT2D eigenvalue weighted by Gasteiger charge is 2.53. The quantitative estimate of drug-likeness (QED) is 0.248. The molecular weight excluding hydrogens is 470 g/mol. The highest BCUT2D eigenvalue weighted by molar-refractivity contribution is 6.06. The fraction of sp³-hybridized carbons (Fsp3) is 0.214. The molecule has 0 fully saturated rings. The lowest BCUT2D eigenvalue weighted by atomic mass is 9.82. The molecule has 1 unspecified atom stereocenters. The van der Waals surface area contributed by atoms with Crippen molar-refractivity contribution in [2.45, 2.75) is 31.3 Å². The lowest BCUT2D eigenvalue weighted by Crippen LogP contribution is -2.60. The summed E-state index contributed by atoms with van der Waals surface area (Å²) in [5.41, 5.74) is 7.37. The van der Waals surface area contributed by atoms with E-state index < -0.39 is 29.9 Å². The molecule has 0 spiro atoms. The molecule has 0 saturated heterocycles. The zero-order chi connectivity index (χ0) is 26.4. The first kappa shape index (κ1) is 25.4. The topological polar surface area (TPSA) is 142 Å². The molecule has 1 aliphatic rings. The van der Waals surface area contributed by atoms with E-state index in [0.29, 0.717) is 36.2 Å². The molecule has 0 bridgehead atoms. The summed E-state index contributed by atoms with van der Waals surface area (Å²) in [6.07, 6.45) is 1.90. The lowest BCUT2D eigenvalue weighted by molar-refractivity contribution is -0.146. The van der Waals surface area contributed by atoms with Crippen LogP contribution in [0.1, 0.15) is 28.7 Å². The van der Waals surface area contributed by atoms with Crippen LogP contribution in [0.4, 0.5) is 10.5 Å². The Hall–Kier alpha value is -4.66. The molecule has 3 aromatic rings. The van der Waals surface area contributed by atoms with Crippen molar-refractivity contribution < 1.29 is 19.5 Å². The van der Waals surface area contributed by atoms with Crippen molar-refractivity contribution in [1.29, 1.82) is 0 Å². The Bertz CT molecular complexity index is 1310. The van der Waals surface area contributed by atoms with Crippen molar-refractivity contribution in [2.24, 2.45) is 16.7 Å². The molecular formula is C28H29N5O4. The van der Waals surface area contributed by atoms with E-state index in [1.807, 2.05) is 42.5 Å². The van der Waals surface area contributed by atoms with Gasteiger partial charge in [0.1, 0.15) is 0 Å². The fourth-order valence-electron chi connectivity index (χ4n) is 4.90. The second-order valence-electron chi connectivity index (χ2n) is 8.93. The predicted molar refractivity (Wildman–Crippen MR) is 141 cm³/mol. The predicted octanol–water partition coefficient (Wildman–Crippen LogP) is 3.01. The first-order chi connectivity index (χ1) is 17.9. The number of carboxylic acids is 1. The Morgan fingerprint density at radius 1 is 0.973 bits per heavy atom. The van der Waals surface area contributed by atoms with Crippen LogP contribution in [0, 0.1) is 0 Å². The van der Waals surface area contributed by atoms with Gasteiger partial charge in [0, 0.05) is 25.7 Å². The van der Waals surface area contributed by atoms with E-state index >= 15 is 0 Å². The van der Waals surface area contributed by atoms with Gasteiger partial charge in [-0.2, -0.15) is 5.10 Å². The fourth-order valence-corrected chi connectivity index (χ4v) is 4.90. The number of benzene rings is 3. The van der Waals surface area contributed by atoms with Crippen LogP contribution in [0.15, 0.2) is 84.0 Å². The van der Waals surface area contributed by atoms with E-state index in [1.54, 1.807) is 41.3 Å². The van der Waals surface area contributed by atoms with Crippen LogP contribution < -0.4 is 16.5 Å². The van der Waals surface area contributed by atoms with E-state index in [-0.39, 0.29) is 6.54 Å². The normalized spacial score (nSPS) is 17.5. The molecule has 0 aliphatic carbocycles. The Morgan fingerprint density at radius 3 is 2.30 bits per heavy atom. The average molecular weight is 500 g/mol. The number of para-hydroxylation sites is 1.